The summed E-state index contributed by atoms with van der Waals surface area (Å²) in [6, 6.07) is 12.7. The molecule has 2 aromatic carbocycles. The molecule has 0 spiro atoms. The Kier molecular flexibility index (Phi) is 5.46. The van der Waals surface area contributed by atoms with Gasteiger partial charge in [-0.3, -0.25) is 0 Å². The molecule has 0 amide bonds. The summed E-state index contributed by atoms with van der Waals surface area (Å²) >= 11 is 5.99. The normalized spacial score (nSPS) is 11.3. The van der Waals surface area contributed by atoms with E-state index in [1.807, 2.05) is 42.3 Å². The van der Waals surface area contributed by atoms with E-state index in [2.05, 4.69) is 20.5 Å². The van der Waals surface area contributed by atoms with Crippen LogP contribution in [0, 0.1) is 0 Å². The maximum atomic E-state index is 12.9. The molecule has 0 bridgehead atoms. The van der Waals surface area contributed by atoms with E-state index in [-0.39, 0.29) is 16.7 Å². The van der Waals surface area contributed by atoms with Gasteiger partial charge in [-0.25, -0.2) is 0 Å². The van der Waals surface area contributed by atoms with Crippen LogP contribution in [0.5, 0.6) is 0 Å². The molecule has 0 unspecified atom stereocenters. The molecule has 0 radical (unpaired) electrons. The Morgan fingerprint density at radius 2 is 1.85 bits per heavy atom. The average Bonchev–Trinajstić information content (AvgIpc) is 2.64. The SMILES string of the molecule is CN(Cc1ccccc1)c1cnnc(Nc2cc(C(F)(F)F)ccc2Cl)n1. The van der Waals surface area contributed by atoms with Gasteiger partial charge in [0.2, 0.25) is 5.95 Å². The second-order valence-corrected chi connectivity index (χ2v) is 6.20. The van der Waals surface area contributed by atoms with Crippen molar-refractivity contribution in [2.75, 3.05) is 17.3 Å². The van der Waals surface area contributed by atoms with Crippen molar-refractivity contribution in [2.45, 2.75) is 12.7 Å². The lowest BCUT2D eigenvalue weighted by molar-refractivity contribution is -0.137. The van der Waals surface area contributed by atoms with Crippen molar-refractivity contribution in [1.29, 1.82) is 0 Å². The predicted octanol–water partition coefficient (Wildman–Crippen LogP) is 4.92. The first kappa shape index (κ1) is 18.9. The van der Waals surface area contributed by atoms with Crippen LogP contribution in [-0.2, 0) is 12.7 Å². The van der Waals surface area contributed by atoms with Gasteiger partial charge in [0.25, 0.3) is 0 Å². The largest absolute Gasteiger partial charge is 0.416 e. The molecule has 1 N–H and O–H groups in total. The summed E-state index contributed by atoms with van der Waals surface area (Å²) in [7, 11) is 1.83. The minimum Gasteiger partial charge on any atom is -0.354 e. The summed E-state index contributed by atoms with van der Waals surface area (Å²) in [6.45, 7) is 0.587. The van der Waals surface area contributed by atoms with Crippen LogP contribution in [0.4, 0.5) is 30.6 Å². The van der Waals surface area contributed by atoms with Gasteiger partial charge >= 0.3 is 6.18 Å². The van der Waals surface area contributed by atoms with Gasteiger partial charge in [-0.05, 0) is 23.8 Å². The maximum absolute atomic E-state index is 12.9. The van der Waals surface area contributed by atoms with Crippen molar-refractivity contribution in [3.8, 4) is 0 Å². The number of benzene rings is 2. The minimum atomic E-state index is -4.47. The zero-order chi connectivity index (χ0) is 19.4. The molecule has 0 aliphatic rings. The molecule has 140 valence electrons. The van der Waals surface area contributed by atoms with Gasteiger partial charge in [0.15, 0.2) is 5.82 Å². The van der Waals surface area contributed by atoms with Crippen LogP contribution in [0.2, 0.25) is 5.02 Å². The van der Waals surface area contributed by atoms with E-state index in [9.17, 15) is 13.2 Å². The Morgan fingerprint density at radius 1 is 1.11 bits per heavy atom. The van der Waals surface area contributed by atoms with E-state index in [0.717, 1.165) is 17.7 Å². The topological polar surface area (TPSA) is 53.9 Å². The standard InChI is InChI=1S/C18H15ClF3N5/c1-27(11-12-5-3-2-4-6-12)16-10-23-26-17(25-16)24-15-9-13(18(20,21)22)7-8-14(15)19/h2-10H,11H2,1H3,(H,24,25,26). The Balaban J connectivity index is 1.80. The Hall–Kier alpha value is -2.87. The highest BCUT2D eigenvalue weighted by Crippen LogP contribution is 2.34. The number of hydrogen-bond acceptors (Lipinski definition) is 5. The monoisotopic (exact) mass is 393 g/mol. The van der Waals surface area contributed by atoms with Crippen molar-refractivity contribution in [3.63, 3.8) is 0 Å². The lowest BCUT2D eigenvalue weighted by Crippen LogP contribution is -2.18. The summed E-state index contributed by atoms with van der Waals surface area (Å²) in [4.78, 5) is 6.15. The average molecular weight is 394 g/mol. The van der Waals surface area contributed by atoms with Crippen LogP contribution in [0.25, 0.3) is 0 Å². The highest BCUT2D eigenvalue weighted by Gasteiger charge is 2.31. The zero-order valence-electron chi connectivity index (χ0n) is 14.2. The molecule has 1 aromatic heterocycles. The van der Waals surface area contributed by atoms with Gasteiger partial charge in [0, 0.05) is 13.6 Å². The molecule has 0 aliphatic heterocycles. The quantitative estimate of drug-likeness (QED) is 0.666. The van der Waals surface area contributed by atoms with Crippen LogP contribution in [0.3, 0.4) is 0 Å². The fourth-order valence-corrected chi connectivity index (χ4v) is 2.55. The molecule has 0 fully saturated rings. The number of nitrogens with one attached hydrogen (secondary N) is 1. The van der Waals surface area contributed by atoms with E-state index < -0.39 is 11.7 Å². The van der Waals surface area contributed by atoms with Gasteiger partial charge < -0.3 is 10.2 Å². The number of rotatable bonds is 5. The lowest BCUT2D eigenvalue weighted by atomic mass is 10.2. The summed E-state index contributed by atoms with van der Waals surface area (Å²) < 4.78 is 38.7. The van der Waals surface area contributed by atoms with E-state index in [4.69, 9.17) is 11.6 Å². The van der Waals surface area contributed by atoms with Gasteiger partial charge in [0.1, 0.15) is 0 Å². The summed E-state index contributed by atoms with van der Waals surface area (Å²) in [5.74, 6) is 0.563. The second-order valence-electron chi connectivity index (χ2n) is 5.80. The summed E-state index contributed by atoms with van der Waals surface area (Å²) in [5, 5.41) is 10.5. The molecule has 0 aliphatic carbocycles. The number of hydrogen-bond donors (Lipinski definition) is 1. The summed E-state index contributed by atoms with van der Waals surface area (Å²) in [6.07, 6.45) is -3.00. The maximum Gasteiger partial charge on any atom is 0.416 e. The Labute approximate surface area is 158 Å². The highest BCUT2D eigenvalue weighted by atomic mass is 35.5. The highest BCUT2D eigenvalue weighted by molar-refractivity contribution is 6.33. The van der Waals surface area contributed by atoms with E-state index in [1.165, 1.54) is 12.3 Å². The molecule has 1 heterocycles. The van der Waals surface area contributed by atoms with Gasteiger partial charge in [-0.2, -0.15) is 23.3 Å². The Morgan fingerprint density at radius 3 is 2.56 bits per heavy atom. The third-order valence-electron chi connectivity index (χ3n) is 3.74. The molecular weight excluding hydrogens is 379 g/mol. The minimum absolute atomic E-state index is 0.0497. The molecule has 5 nitrogen and oxygen atoms in total. The molecule has 3 aromatic rings. The third kappa shape index (κ3) is 4.85. The van der Waals surface area contributed by atoms with Crippen molar-refractivity contribution >= 4 is 29.1 Å². The van der Waals surface area contributed by atoms with Crippen molar-refractivity contribution in [3.05, 3.63) is 70.9 Å². The van der Waals surface area contributed by atoms with E-state index in [0.29, 0.717) is 12.4 Å². The number of anilines is 3. The second kappa shape index (κ2) is 7.79. The van der Waals surface area contributed by atoms with Crippen molar-refractivity contribution < 1.29 is 13.2 Å². The first-order chi connectivity index (χ1) is 12.8. The van der Waals surface area contributed by atoms with E-state index in [1.54, 1.807) is 0 Å². The van der Waals surface area contributed by atoms with E-state index >= 15 is 0 Å². The Bertz CT molecular complexity index is 918. The van der Waals surface area contributed by atoms with Gasteiger partial charge in [0.05, 0.1) is 22.5 Å². The van der Waals surface area contributed by atoms with Crippen molar-refractivity contribution in [2.24, 2.45) is 0 Å². The first-order valence-corrected chi connectivity index (χ1v) is 8.29. The predicted molar refractivity (Wildman–Crippen MR) is 98.1 cm³/mol. The fourth-order valence-electron chi connectivity index (χ4n) is 2.39. The van der Waals surface area contributed by atoms with Crippen LogP contribution >= 0.6 is 11.6 Å². The van der Waals surface area contributed by atoms with Crippen LogP contribution < -0.4 is 10.2 Å². The van der Waals surface area contributed by atoms with Crippen LogP contribution in [0.1, 0.15) is 11.1 Å². The van der Waals surface area contributed by atoms with Crippen molar-refractivity contribution in [1.82, 2.24) is 15.2 Å². The molecule has 0 atom stereocenters. The molecule has 9 heteroatoms. The molecule has 0 saturated carbocycles. The number of alkyl halides is 3. The third-order valence-corrected chi connectivity index (χ3v) is 4.07. The fraction of sp³-hybridized carbons (Fsp3) is 0.167. The van der Waals surface area contributed by atoms with Gasteiger partial charge in [-0.15, -0.1) is 5.10 Å². The first-order valence-electron chi connectivity index (χ1n) is 7.91. The zero-order valence-corrected chi connectivity index (χ0v) is 15.0. The number of nitrogens with zero attached hydrogens (tertiary/aromatic N) is 4. The lowest BCUT2D eigenvalue weighted by Gasteiger charge is -2.18. The molecule has 3 rings (SSSR count). The molecular formula is C18H15ClF3N5. The molecule has 27 heavy (non-hydrogen) atoms. The number of aromatic nitrogens is 3. The van der Waals surface area contributed by atoms with Crippen LogP contribution in [-0.4, -0.2) is 22.2 Å². The smallest absolute Gasteiger partial charge is 0.354 e. The molecule has 0 saturated heterocycles. The van der Waals surface area contributed by atoms with Crippen LogP contribution in [0.15, 0.2) is 54.7 Å². The number of halogens is 4. The van der Waals surface area contributed by atoms with Gasteiger partial charge in [-0.1, -0.05) is 41.9 Å². The summed E-state index contributed by atoms with van der Waals surface area (Å²) in [5.41, 5.74) is 0.310.